The summed E-state index contributed by atoms with van der Waals surface area (Å²) in [6.07, 6.45) is 3.33. The second kappa shape index (κ2) is 8.36. The maximum Gasteiger partial charge on any atom is 0.282 e. The van der Waals surface area contributed by atoms with E-state index in [1.165, 1.54) is 23.8 Å². The highest BCUT2D eigenvalue weighted by atomic mass is 32.1. The van der Waals surface area contributed by atoms with E-state index in [-0.39, 0.29) is 11.3 Å². The molecule has 1 aliphatic rings. The lowest BCUT2D eigenvalue weighted by molar-refractivity contribution is -0.385. The Labute approximate surface area is 171 Å². The number of anilines is 2. The monoisotopic (exact) mass is 409 g/mol. The number of nitrogens with one attached hydrogen (secondary N) is 1. The molecule has 1 saturated heterocycles. The van der Waals surface area contributed by atoms with Crippen molar-refractivity contribution in [2.75, 3.05) is 23.3 Å². The molecule has 29 heavy (non-hydrogen) atoms. The van der Waals surface area contributed by atoms with Crippen molar-refractivity contribution in [1.29, 1.82) is 0 Å². The Kier molecular flexibility index (Phi) is 5.48. The van der Waals surface area contributed by atoms with Crippen LogP contribution in [0.3, 0.4) is 0 Å². The van der Waals surface area contributed by atoms with Gasteiger partial charge in [-0.1, -0.05) is 41.7 Å². The molecular weight excluding hydrogens is 390 g/mol. The maximum atomic E-state index is 12.8. The predicted octanol–water partition coefficient (Wildman–Crippen LogP) is 4.36. The van der Waals surface area contributed by atoms with Crippen molar-refractivity contribution in [3.8, 4) is 10.6 Å². The lowest BCUT2D eigenvalue weighted by atomic mass is 10.1. The Bertz CT molecular complexity index is 1030. The van der Waals surface area contributed by atoms with Gasteiger partial charge in [0.1, 0.15) is 10.6 Å². The summed E-state index contributed by atoms with van der Waals surface area (Å²) >= 11 is 1.22. The van der Waals surface area contributed by atoms with E-state index in [0.29, 0.717) is 10.1 Å². The summed E-state index contributed by atoms with van der Waals surface area (Å²) in [5.74, 6) is -0.564. The molecule has 2 aromatic carbocycles. The predicted molar refractivity (Wildman–Crippen MR) is 112 cm³/mol. The number of nitro groups is 1. The molecular formula is C20H19N5O3S. The number of carbonyl (C=O) groups is 1. The summed E-state index contributed by atoms with van der Waals surface area (Å²) in [5, 5.41) is 23.2. The van der Waals surface area contributed by atoms with E-state index < -0.39 is 10.8 Å². The molecule has 0 spiro atoms. The molecule has 1 N–H and O–H groups in total. The van der Waals surface area contributed by atoms with Crippen molar-refractivity contribution in [2.24, 2.45) is 0 Å². The summed E-state index contributed by atoms with van der Waals surface area (Å²) in [5.41, 5.74) is 1.51. The Morgan fingerprint density at radius 3 is 2.55 bits per heavy atom. The van der Waals surface area contributed by atoms with Crippen LogP contribution in [0.2, 0.25) is 0 Å². The minimum atomic E-state index is -0.564. The largest absolute Gasteiger partial charge is 0.372 e. The number of nitrogens with zero attached hydrogens (tertiary/aromatic N) is 4. The molecule has 0 saturated carbocycles. The van der Waals surface area contributed by atoms with Crippen molar-refractivity contribution in [3.05, 3.63) is 64.2 Å². The number of hydrogen-bond donors (Lipinski definition) is 1. The zero-order valence-corrected chi connectivity index (χ0v) is 16.4. The van der Waals surface area contributed by atoms with Gasteiger partial charge < -0.3 is 4.90 Å². The zero-order valence-electron chi connectivity index (χ0n) is 15.6. The number of amides is 1. The van der Waals surface area contributed by atoms with Crippen LogP contribution in [-0.4, -0.2) is 34.1 Å². The normalized spacial score (nSPS) is 13.9. The average molecular weight is 409 g/mol. The Morgan fingerprint density at radius 1 is 1.07 bits per heavy atom. The zero-order chi connectivity index (χ0) is 20.2. The Hall–Kier alpha value is -3.33. The molecule has 1 fully saturated rings. The second-order valence-corrected chi connectivity index (χ2v) is 7.72. The average Bonchev–Trinajstić information content (AvgIpc) is 3.23. The first-order valence-electron chi connectivity index (χ1n) is 9.35. The van der Waals surface area contributed by atoms with Gasteiger partial charge in [0.25, 0.3) is 11.6 Å². The standard InChI is InChI=1S/C20H19N5O3S/c26-18(21-20-23-22-19(29-20)14-7-3-1-4-8-14)16-13-15(9-10-17(16)25(27)28)24-11-5-2-6-12-24/h1,3-4,7-10,13H,2,5-6,11-12H2,(H,21,23,26). The third kappa shape index (κ3) is 4.24. The molecule has 1 amide bonds. The number of carbonyl (C=O) groups excluding carboxylic acids is 1. The molecule has 0 radical (unpaired) electrons. The minimum Gasteiger partial charge on any atom is -0.372 e. The van der Waals surface area contributed by atoms with Crippen LogP contribution in [0.4, 0.5) is 16.5 Å². The SMILES string of the molecule is O=C(Nc1nnc(-c2ccccc2)s1)c1cc(N2CCCCC2)ccc1[N+](=O)[O-]. The van der Waals surface area contributed by atoms with Gasteiger partial charge in [-0.15, -0.1) is 10.2 Å². The summed E-state index contributed by atoms with van der Waals surface area (Å²) < 4.78 is 0. The summed E-state index contributed by atoms with van der Waals surface area (Å²) in [6.45, 7) is 1.77. The fourth-order valence-electron chi connectivity index (χ4n) is 3.35. The van der Waals surface area contributed by atoms with Crippen LogP contribution in [0.25, 0.3) is 10.6 Å². The lowest BCUT2D eigenvalue weighted by Crippen LogP contribution is -2.29. The Morgan fingerprint density at radius 2 is 1.83 bits per heavy atom. The first-order chi connectivity index (χ1) is 14.1. The van der Waals surface area contributed by atoms with Crippen molar-refractivity contribution < 1.29 is 9.72 Å². The van der Waals surface area contributed by atoms with Gasteiger partial charge >= 0.3 is 0 Å². The van der Waals surface area contributed by atoms with Crippen LogP contribution in [0.15, 0.2) is 48.5 Å². The summed E-state index contributed by atoms with van der Waals surface area (Å²) in [4.78, 5) is 25.9. The third-order valence-corrected chi connectivity index (χ3v) is 5.70. The highest BCUT2D eigenvalue weighted by Crippen LogP contribution is 2.30. The van der Waals surface area contributed by atoms with E-state index in [9.17, 15) is 14.9 Å². The van der Waals surface area contributed by atoms with Gasteiger partial charge in [-0.05, 0) is 31.4 Å². The van der Waals surface area contributed by atoms with Gasteiger partial charge in [0.15, 0.2) is 0 Å². The first kappa shape index (κ1) is 19.0. The van der Waals surface area contributed by atoms with E-state index in [1.54, 1.807) is 12.1 Å². The smallest absolute Gasteiger partial charge is 0.282 e. The van der Waals surface area contributed by atoms with E-state index in [0.717, 1.165) is 37.2 Å². The summed E-state index contributed by atoms with van der Waals surface area (Å²) in [6, 6.07) is 14.2. The molecule has 4 rings (SSSR count). The van der Waals surface area contributed by atoms with Gasteiger partial charge in [-0.25, -0.2) is 0 Å². The molecule has 3 aromatic rings. The second-order valence-electron chi connectivity index (χ2n) is 6.74. The number of piperidine rings is 1. The Balaban J connectivity index is 1.58. The van der Waals surface area contributed by atoms with Crippen LogP contribution in [-0.2, 0) is 0 Å². The fourth-order valence-corrected chi connectivity index (χ4v) is 4.09. The number of nitro benzene ring substituents is 1. The third-order valence-electron chi connectivity index (χ3n) is 4.81. The quantitative estimate of drug-likeness (QED) is 0.496. The molecule has 0 aliphatic carbocycles. The topological polar surface area (TPSA) is 101 Å². The van der Waals surface area contributed by atoms with Crippen LogP contribution in [0.5, 0.6) is 0 Å². The minimum absolute atomic E-state index is 0.0227. The van der Waals surface area contributed by atoms with Gasteiger partial charge in [-0.2, -0.15) is 0 Å². The number of hydrogen-bond acceptors (Lipinski definition) is 7. The van der Waals surface area contributed by atoms with E-state index in [1.807, 2.05) is 30.3 Å². The van der Waals surface area contributed by atoms with E-state index >= 15 is 0 Å². The van der Waals surface area contributed by atoms with Crippen molar-refractivity contribution in [1.82, 2.24) is 10.2 Å². The van der Waals surface area contributed by atoms with Crippen LogP contribution in [0.1, 0.15) is 29.6 Å². The summed E-state index contributed by atoms with van der Waals surface area (Å²) in [7, 11) is 0. The number of benzene rings is 2. The van der Waals surface area contributed by atoms with Crippen LogP contribution < -0.4 is 10.2 Å². The van der Waals surface area contributed by atoms with Gasteiger partial charge in [0.05, 0.1) is 4.92 Å². The van der Waals surface area contributed by atoms with Crippen molar-refractivity contribution >= 4 is 33.8 Å². The van der Waals surface area contributed by atoms with Crippen molar-refractivity contribution in [3.63, 3.8) is 0 Å². The highest BCUT2D eigenvalue weighted by Gasteiger charge is 2.24. The molecule has 8 nitrogen and oxygen atoms in total. The molecule has 9 heteroatoms. The lowest BCUT2D eigenvalue weighted by Gasteiger charge is -2.29. The van der Waals surface area contributed by atoms with E-state index in [4.69, 9.17) is 0 Å². The van der Waals surface area contributed by atoms with Crippen LogP contribution >= 0.6 is 11.3 Å². The van der Waals surface area contributed by atoms with Crippen molar-refractivity contribution in [2.45, 2.75) is 19.3 Å². The molecule has 0 unspecified atom stereocenters. The number of aromatic nitrogens is 2. The van der Waals surface area contributed by atoms with E-state index in [2.05, 4.69) is 20.4 Å². The molecule has 148 valence electrons. The maximum absolute atomic E-state index is 12.8. The fraction of sp³-hybridized carbons (Fsp3) is 0.250. The first-order valence-corrected chi connectivity index (χ1v) is 10.2. The molecule has 1 aromatic heterocycles. The number of rotatable bonds is 5. The van der Waals surface area contributed by atoms with Gasteiger partial charge in [-0.3, -0.25) is 20.2 Å². The molecule has 2 heterocycles. The molecule has 1 aliphatic heterocycles. The van der Waals surface area contributed by atoms with Gasteiger partial charge in [0, 0.05) is 30.4 Å². The van der Waals surface area contributed by atoms with Crippen LogP contribution in [0, 0.1) is 10.1 Å². The highest BCUT2D eigenvalue weighted by molar-refractivity contribution is 7.18. The molecule has 0 bridgehead atoms. The van der Waals surface area contributed by atoms with Gasteiger partial charge in [0.2, 0.25) is 5.13 Å². The molecule has 0 atom stereocenters.